The third-order valence-corrected chi connectivity index (χ3v) is 5.74. The Bertz CT molecular complexity index is 1120. The molecule has 3 heterocycles. The molecule has 0 radical (unpaired) electrons. The Balaban J connectivity index is 1.55. The summed E-state index contributed by atoms with van der Waals surface area (Å²) in [5, 5.41) is 0.684. The van der Waals surface area contributed by atoms with Gasteiger partial charge in [0.2, 0.25) is 0 Å². The molecule has 1 aliphatic carbocycles. The second kappa shape index (κ2) is 5.81. The molecule has 0 saturated heterocycles. The summed E-state index contributed by atoms with van der Waals surface area (Å²) < 4.78 is 1.90. The molecule has 2 aromatic heterocycles. The maximum absolute atomic E-state index is 12.9. The Labute approximate surface area is 151 Å². The van der Waals surface area contributed by atoms with Crippen LogP contribution in [0.5, 0.6) is 0 Å². The molecule has 0 N–H and O–H groups in total. The molecule has 2 aliphatic rings. The van der Waals surface area contributed by atoms with E-state index in [1.165, 1.54) is 12.8 Å². The summed E-state index contributed by atoms with van der Waals surface area (Å²) in [6.07, 6.45) is 7.51. The van der Waals surface area contributed by atoms with Crippen molar-refractivity contribution < 1.29 is 0 Å². The lowest BCUT2D eigenvalue weighted by molar-refractivity contribution is 0.424. The van der Waals surface area contributed by atoms with Gasteiger partial charge in [-0.2, -0.15) is 0 Å². The van der Waals surface area contributed by atoms with Crippen molar-refractivity contribution in [1.82, 2.24) is 14.5 Å². The van der Waals surface area contributed by atoms with Crippen LogP contribution in [0, 0.1) is 17.3 Å². The minimum absolute atomic E-state index is 0.0898. The predicted molar refractivity (Wildman–Crippen MR) is 101 cm³/mol. The van der Waals surface area contributed by atoms with Crippen LogP contribution in [0.15, 0.2) is 47.4 Å². The number of aromatic nitrogens is 3. The molecule has 1 saturated carbocycles. The fourth-order valence-corrected chi connectivity index (χ4v) is 3.87. The highest BCUT2D eigenvalue weighted by Gasteiger charge is 2.43. The van der Waals surface area contributed by atoms with Gasteiger partial charge in [-0.25, -0.2) is 9.97 Å². The molecule has 1 spiro atoms. The minimum Gasteiger partial charge on any atom is -0.296 e. The van der Waals surface area contributed by atoms with Crippen molar-refractivity contribution in [3.8, 4) is 11.8 Å². The normalized spacial score (nSPS) is 17.2. The Kier molecular flexibility index (Phi) is 3.43. The summed E-state index contributed by atoms with van der Waals surface area (Å²) in [4.78, 5) is 22.0. The summed E-state index contributed by atoms with van der Waals surface area (Å²) in [6, 6.07) is 11.3. The van der Waals surface area contributed by atoms with E-state index in [1.807, 2.05) is 41.0 Å². The molecule has 0 amide bonds. The number of nitrogens with zero attached hydrogens (tertiary/aromatic N) is 3. The summed E-state index contributed by atoms with van der Waals surface area (Å²) in [7, 11) is 0. The first kappa shape index (κ1) is 15.3. The average Bonchev–Trinajstić information content (AvgIpc) is 3.47. The molecule has 0 bridgehead atoms. The zero-order valence-electron chi connectivity index (χ0n) is 14.5. The number of fused-ring (bicyclic) bond motifs is 2. The zero-order chi connectivity index (χ0) is 17.6. The lowest BCUT2D eigenvalue weighted by Gasteiger charge is -2.10. The van der Waals surface area contributed by atoms with Crippen molar-refractivity contribution in [2.75, 3.05) is 0 Å². The molecule has 1 aromatic carbocycles. The topological polar surface area (TPSA) is 47.8 Å². The fraction of sp³-hybridized carbons (Fsp3) is 0.318. The van der Waals surface area contributed by atoms with E-state index < -0.39 is 0 Å². The monoisotopic (exact) mass is 341 g/mol. The Hall–Kier alpha value is -2.93. The quantitative estimate of drug-likeness (QED) is 0.590. The molecule has 0 unspecified atom stereocenters. The Morgan fingerprint density at radius 2 is 1.96 bits per heavy atom. The first-order chi connectivity index (χ1) is 12.7. The molecule has 5 rings (SSSR count). The van der Waals surface area contributed by atoms with Gasteiger partial charge in [0.05, 0.1) is 10.9 Å². The van der Waals surface area contributed by atoms with E-state index in [-0.39, 0.29) is 5.56 Å². The van der Waals surface area contributed by atoms with E-state index in [9.17, 15) is 4.79 Å². The first-order valence-electron chi connectivity index (χ1n) is 9.19. The van der Waals surface area contributed by atoms with Crippen LogP contribution in [0.2, 0.25) is 0 Å². The highest BCUT2D eigenvalue weighted by Crippen LogP contribution is 2.53. The molecule has 4 heteroatoms. The Morgan fingerprint density at radius 3 is 2.77 bits per heavy atom. The number of benzene rings is 1. The van der Waals surface area contributed by atoms with Crippen LogP contribution < -0.4 is 5.56 Å². The van der Waals surface area contributed by atoms with Crippen LogP contribution in [-0.2, 0) is 13.0 Å². The highest BCUT2D eigenvalue weighted by atomic mass is 16.1. The maximum Gasteiger partial charge on any atom is 0.261 e. The van der Waals surface area contributed by atoms with Gasteiger partial charge in [-0.1, -0.05) is 12.0 Å². The summed E-state index contributed by atoms with van der Waals surface area (Å²) in [5.41, 5.74) is 2.92. The van der Waals surface area contributed by atoms with Crippen molar-refractivity contribution in [2.24, 2.45) is 5.41 Å². The van der Waals surface area contributed by atoms with Gasteiger partial charge in [0.25, 0.3) is 5.56 Å². The molecule has 1 aliphatic heterocycles. The van der Waals surface area contributed by atoms with Crippen LogP contribution in [0.1, 0.15) is 42.8 Å². The molecule has 26 heavy (non-hydrogen) atoms. The smallest absolute Gasteiger partial charge is 0.261 e. The number of rotatable bonds is 0. The van der Waals surface area contributed by atoms with Crippen molar-refractivity contribution in [3.63, 3.8) is 0 Å². The minimum atomic E-state index is 0.0898. The molecular formula is C22H19N3O. The van der Waals surface area contributed by atoms with E-state index in [0.717, 1.165) is 48.4 Å². The number of aryl methyl sites for hydroxylation is 1. The van der Waals surface area contributed by atoms with Crippen LogP contribution >= 0.6 is 0 Å². The molecule has 128 valence electrons. The largest absolute Gasteiger partial charge is 0.296 e. The standard InChI is InChI=1S/C22H19N3O/c26-21-18-7-5-16(4-6-17-3-1-2-13-23-17)15-19(18)24-20-8-9-22(10-11-22)12-14-25(20)21/h1-3,5,7,13,15H,8-12,14H2. The number of hydrogen-bond donors (Lipinski definition) is 0. The highest BCUT2D eigenvalue weighted by molar-refractivity contribution is 5.79. The van der Waals surface area contributed by atoms with Gasteiger partial charge in [-0.05, 0) is 67.4 Å². The second-order valence-electron chi connectivity index (χ2n) is 7.43. The second-order valence-corrected chi connectivity index (χ2v) is 7.43. The predicted octanol–water partition coefficient (Wildman–Crippen LogP) is 3.31. The van der Waals surface area contributed by atoms with Gasteiger partial charge in [0.15, 0.2) is 0 Å². The lowest BCUT2D eigenvalue weighted by atomic mass is 9.97. The van der Waals surface area contributed by atoms with Gasteiger partial charge in [-0.15, -0.1) is 0 Å². The number of pyridine rings is 1. The van der Waals surface area contributed by atoms with E-state index in [4.69, 9.17) is 4.98 Å². The summed E-state index contributed by atoms with van der Waals surface area (Å²) in [6.45, 7) is 0.804. The van der Waals surface area contributed by atoms with Gasteiger partial charge in [0, 0.05) is 24.7 Å². The van der Waals surface area contributed by atoms with Crippen LogP contribution in [-0.4, -0.2) is 14.5 Å². The molecule has 3 aromatic rings. The van der Waals surface area contributed by atoms with E-state index in [0.29, 0.717) is 10.8 Å². The van der Waals surface area contributed by atoms with Crippen LogP contribution in [0.4, 0.5) is 0 Å². The SMILES string of the molecule is O=c1c2ccc(C#Cc3ccccn3)cc2nc2n1CCC1(CC2)CC1. The third-order valence-electron chi connectivity index (χ3n) is 5.74. The molecule has 0 atom stereocenters. The van der Waals surface area contributed by atoms with Crippen molar-refractivity contribution in [2.45, 2.75) is 38.6 Å². The number of hydrogen-bond acceptors (Lipinski definition) is 3. The lowest BCUT2D eigenvalue weighted by Crippen LogP contribution is -2.24. The van der Waals surface area contributed by atoms with Crippen LogP contribution in [0.25, 0.3) is 10.9 Å². The van der Waals surface area contributed by atoms with Crippen molar-refractivity contribution >= 4 is 10.9 Å². The van der Waals surface area contributed by atoms with E-state index >= 15 is 0 Å². The zero-order valence-corrected chi connectivity index (χ0v) is 14.5. The Morgan fingerprint density at radius 1 is 1.04 bits per heavy atom. The third kappa shape index (κ3) is 2.70. The maximum atomic E-state index is 12.9. The van der Waals surface area contributed by atoms with Gasteiger partial charge in [0.1, 0.15) is 11.5 Å². The van der Waals surface area contributed by atoms with Crippen LogP contribution in [0.3, 0.4) is 0 Å². The van der Waals surface area contributed by atoms with Crippen molar-refractivity contribution in [3.05, 3.63) is 70.0 Å². The summed E-state index contributed by atoms with van der Waals surface area (Å²) in [5.74, 6) is 7.12. The molecule has 4 nitrogen and oxygen atoms in total. The first-order valence-corrected chi connectivity index (χ1v) is 9.19. The van der Waals surface area contributed by atoms with Gasteiger partial charge in [-0.3, -0.25) is 9.36 Å². The summed E-state index contributed by atoms with van der Waals surface area (Å²) >= 11 is 0. The van der Waals surface area contributed by atoms with Gasteiger partial charge >= 0.3 is 0 Å². The fourth-order valence-electron chi connectivity index (χ4n) is 3.87. The van der Waals surface area contributed by atoms with Gasteiger partial charge < -0.3 is 0 Å². The molecule has 1 fully saturated rings. The molecular weight excluding hydrogens is 322 g/mol. The van der Waals surface area contributed by atoms with E-state index in [1.54, 1.807) is 6.20 Å². The van der Waals surface area contributed by atoms with E-state index in [2.05, 4.69) is 16.8 Å². The van der Waals surface area contributed by atoms with Crippen molar-refractivity contribution in [1.29, 1.82) is 0 Å². The average molecular weight is 341 g/mol.